The van der Waals surface area contributed by atoms with Crippen LogP contribution in [0.4, 0.5) is 0 Å². The van der Waals surface area contributed by atoms with Crippen LogP contribution in [-0.2, 0) is 14.3 Å². The Bertz CT molecular complexity index is 1070. The van der Waals surface area contributed by atoms with Crippen molar-refractivity contribution < 1.29 is 12.6 Å². The van der Waals surface area contributed by atoms with Gasteiger partial charge in [-0.05, 0) is 56.9 Å². The van der Waals surface area contributed by atoms with Crippen molar-refractivity contribution in [3.63, 3.8) is 0 Å². The third-order valence-corrected chi connectivity index (χ3v) is 6.43. The molecule has 0 aliphatic heterocycles. The van der Waals surface area contributed by atoms with E-state index in [1.807, 2.05) is 49.1 Å². The van der Waals surface area contributed by atoms with Gasteiger partial charge in [-0.25, -0.2) is 0 Å². The molecule has 0 spiro atoms. The largest absolute Gasteiger partial charge is 0.296 e. The van der Waals surface area contributed by atoms with Gasteiger partial charge in [0, 0.05) is 17.5 Å². The first-order valence-electron chi connectivity index (χ1n) is 9.35. The van der Waals surface area contributed by atoms with Gasteiger partial charge in [-0.2, -0.15) is 13.5 Å². The van der Waals surface area contributed by atoms with Gasteiger partial charge in [0.2, 0.25) is 0 Å². The highest BCUT2D eigenvalue weighted by Gasteiger charge is 2.32. The topological polar surface area (TPSA) is 74.1 Å². The minimum atomic E-state index is -3.70. The lowest BCUT2D eigenvalue weighted by atomic mass is 9.81. The van der Waals surface area contributed by atoms with E-state index in [1.54, 1.807) is 24.3 Å². The third-order valence-electron chi connectivity index (χ3n) is 5.14. The first-order chi connectivity index (χ1) is 13.4. The molecule has 0 radical (unpaired) electrons. The summed E-state index contributed by atoms with van der Waals surface area (Å²) in [4.78, 5) is 4.73. The minimum absolute atomic E-state index is 0.205. The summed E-state index contributed by atoms with van der Waals surface area (Å²) >= 11 is 0. The Labute approximate surface area is 165 Å². The summed E-state index contributed by atoms with van der Waals surface area (Å²) in [5.74, 6) is 0.218. The second kappa shape index (κ2) is 7.48. The lowest BCUT2D eigenvalue weighted by Gasteiger charge is -2.34. The fourth-order valence-corrected chi connectivity index (χ4v) is 4.36. The van der Waals surface area contributed by atoms with Crippen molar-refractivity contribution in [3.05, 3.63) is 66.1 Å². The molecule has 0 saturated heterocycles. The normalized spacial score (nSPS) is 19.4. The quantitative estimate of drug-likeness (QED) is 0.590. The van der Waals surface area contributed by atoms with Crippen LogP contribution in [-0.4, -0.2) is 29.8 Å². The van der Waals surface area contributed by atoms with Crippen LogP contribution in [0.1, 0.15) is 30.1 Å². The van der Waals surface area contributed by atoms with Gasteiger partial charge in [-0.3, -0.25) is 13.8 Å². The van der Waals surface area contributed by atoms with Gasteiger partial charge in [-0.15, -0.1) is 0 Å². The molecule has 1 aliphatic rings. The van der Waals surface area contributed by atoms with Crippen molar-refractivity contribution in [2.45, 2.75) is 37.6 Å². The van der Waals surface area contributed by atoms with Crippen molar-refractivity contribution in [1.82, 2.24) is 14.8 Å². The third kappa shape index (κ3) is 4.00. The first-order valence-corrected chi connectivity index (χ1v) is 10.8. The van der Waals surface area contributed by atoms with Crippen LogP contribution in [0.5, 0.6) is 0 Å². The molecule has 2 heterocycles. The molecule has 3 aromatic rings. The predicted molar refractivity (Wildman–Crippen MR) is 106 cm³/mol. The van der Waals surface area contributed by atoms with Gasteiger partial charge in [0.05, 0.1) is 29.4 Å². The average Bonchev–Trinajstić information content (AvgIpc) is 3.10. The van der Waals surface area contributed by atoms with Crippen LogP contribution in [0.15, 0.2) is 59.8 Å². The zero-order valence-corrected chi connectivity index (χ0v) is 16.8. The molecule has 0 atom stereocenters. The van der Waals surface area contributed by atoms with Crippen molar-refractivity contribution in [2.75, 3.05) is 6.61 Å². The Hall–Kier alpha value is -2.51. The van der Waals surface area contributed by atoms with Gasteiger partial charge in [0.25, 0.3) is 10.1 Å². The first kappa shape index (κ1) is 18.8. The molecule has 7 heteroatoms. The SMILES string of the molecule is Cc1ccc(S(=O)(=O)OCC2CC(n3cc(-c4cccc(C)n4)cn3)C2)cc1. The number of rotatable bonds is 6. The van der Waals surface area contributed by atoms with E-state index in [4.69, 9.17) is 4.18 Å². The van der Waals surface area contributed by atoms with Crippen LogP contribution in [0.25, 0.3) is 11.3 Å². The molecule has 1 aliphatic carbocycles. The summed E-state index contributed by atoms with van der Waals surface area (Å²) in [5, 5.41) is 4.46. The second-order valence-corrected chi connectivity index (χ2v) is 9.03. The summed E-state index contributed by atoms with van der Waals surface area (Å²) in [6.45, 7) is 4.09. The number of nitrogens with zero attached hydrogens (tertiary/aromatic N) is 3. The van der Waals surface area contributed by atoms with Gasteiger partial charge in [0.15, 0.2) is 0 Å². The fourth-order valence-electron chi connectivity index (χ4n) is 3.39. The highest BCUT2D eigenvalue weighted by atomic mass is 32.2. The van der Waals surface area contributed by atoms with Gasteiger partial charge in [0.1, 0.15) is 0 Å². The zero-order valence-electron chi connectivity index (χ0n) is 15.9. The molecule has 0 unspecified atom stereocenters. The van der Waals surface area contributed by atoms with Gasteiger partial charge in [-0.1, -0.05) is 23.8 Å². The molecule has 1 aromatic carbocycles. The number of aryl methyl sites for hydroxylation is 2. The van der Waals surface area contributed by atoms with Crippen molar-refractivity contribution >= 4 is 10.1 Å². The maximum Gasteiger partial charge on any atom is 0.296 e. The van der Waals surface area contributed by atoms with Crippen molar-refractivity contribution in [2.24, 2.45) is 5.92 Å². The summed E-state index contributed by atoms with van der Waals surface area (Å²) in [7, 11) is -3.70. The molecule has 0 N–H and O–H groups in total. The summed E-state index contributed by atoms with van der Waals surface area (Å²) < 4.78 is 31.8. The van der Waals surface area contributed by atoms with Crippen LogP contribution >= 0.6 is 0 Å². The summed E-state index contributed by atoms with van der Waals surface area (Å²) in [5.41, 5.74) is 3.89. The van der Waals surface area contributed by atoms with E-state index in [0.29, 0.717) is 0 Å². The fraction of sp³-hybridized carbons (Fsp3) is 0.333. The molecular weight excluding hydrogens is 374 g/mol. The van der Waals surface area contributed by atoms with E-state index in [0.717, 1.165) is 35.4 Å². The van der Waals surface area contributed by atoms with E-state index in [2.05, 4.69) is 10.1 Å². The van der Waals surface area contributed by atoms with E-state index in [-0.39, 0.29) is 23.5 Å². The molecule has 2 aromatic heterocycles. The molecule has 1 fully saturated rings. The number of hydrogen-bond acceptors (Lipinski definition) is 5. The Morgan fingerprint density at radius 3 is 2.57 bits per heavy atom. The van der Waals surface area contributed by atoms with Crippen LogP contribution in [0, 0.1) is 19.8 Å². The van der Waals surface area contributed by atoms with E-state index >= 15 is 0 Å². The average molecular weight is 398 g/mol. The molecule has 146 valence electrons. The van der Waals surface area contributed by atoms with Crippen LogP contribution in [0.3, 0.4) is 0 Å². The smallest absolute Gasteiger partial charge is 0.269 e. The molecule has 0 amide bonds. The molecular formula is C21H23N3O3S. The number of aromatic nitrogens is 3. The maximum atomic E-state index is 12.3. The number of hydrogen-bond donors (Lipinski definition) is 0. The lowest BCUT2D eigenvalue weighted by Crippen LogP contribution is -2.31. The van der Waals surface area contributed by atoms with E-state index in [9.17, 15) is 8.42 Å². The highest BCUT2D eigenvalue weighted by Crippen LogP contribution is 2.38. The molecule has 6 nitrogen and oxygen atoms in total. The summed E-state index contributed by atoms with van der Waals surface area (Å²) in [6, 6.07) is 12.9. The van der Waals surface area contributed by atoms with Crippen molar-refractivity contribution in [3.8, 4) is 11.3 Å². The molecule has 4 rings (SSSR count). The minimum Gasteiger partial charge on any atom is -0.269 e. The molecule has 28 heavy (non-hydrogen) atoms. The molecule has 1 saturated carbocycles. The predicted octanol–water partition coefficient (Wildman–Crippen LogP) is 3.92. The second-order valence-electron chi connectivity index (χ2n) is 7.42. The highest BCUT2D eigenvalue weighted by molar-refractivity contribution is 7.86. The zero-order chi connectivity index (χ0) is 19.7. The lowest BCUT2D eigenvalue weighted by molar-refractivity contribution is 0.121. The van der Waals surface area contributed by atoms with E-state index in [1.165, 1.54) is 0 Å². The monoisotopic (exact) mass is 397 g/mol. The Morgan fingerprint density at radius 1 is 1.11 bits per heavy atom. The Kier molecular flexibility index (Phi) is 5.03. The summed E-state index contributed by atoms with van der Waals surface area (Å²) in [6.07, 6.45) is 5.54. The van der Waals surface area contributed by atoms with Crippen LogP contribution in [0.2, 0.25) is 0 Å². The number of benzene rings is 1. The Balaban J connectivity index is 1.32. The Morgan fingerprint density at radius 2 is 1.86 bits per heavy atom. The molecule has 0 bridgehead atoms. The number of pyridine rings is 1. The van der Waals surface area contributed by atoms with Crippen molar-refractivity contribution in [1.29, 1.82) is 0 Å². The van der Waals surface area contributed by atoms with Crippen LogP contribution < -0.4 is 0 Å². The van der Waals surface area contributed by atoms with Gasteiger partial charge >= 0.3 is 0 Å². The van der Waals surface area contributed by atoms with E-state index < -0.39 is 10.1 Å². The maximum absolute atomic E-state index is 12.3. The standard InChI is InChI=1S/C21H23N3O3S/c1-15-6-8-20(9-7-15)28(25,26)27-14-17-10-19(11-17)24-13-18(12-22-24)21-5-3-4-16(2)23-21/h3-9,12-13,17,19H,10-11,14H2,1-2H3. The van der Waals surface area contributed by atoms with Gasteiger partial charge < -0.3 is 0 Å².